The number of benzene rings is 1. The van der Waals surface area contributed by atoms with Gasteiger partial charge in [0.25, 0.3) is 0 Å². The van der Waals surface area contributed by atoms with Crippen LogP contribution in [0.3, 0.4) is 0 Å². The van der Waals surface area contributed by atoms with E-state index in [4.69, 9.17) is 5.73 Å². The summed E-state index contributed by atoms with van der Waals surface area (Å²) in [5.41, 5.74) is 7.69. The van der Waals surface area contributed by atoms with Crippen LogP contribution in [0.5, 0.6) is 0 Å². The first-order valence-electron chi connectivity index (χ1n) is 5.96. The van der Waals surface area contributed by atoms with E-state index in [1.54, 1.807) is 4.68 Å². The van der Waals surface area contributed by atoms with Crippen LogP contribution in [-0.2, 0) is 13.5 Å². The Hall–Kier alpha value is -2.14. The van der Waals surface area contributed by atoms with Crippen LogP contribution in [0.25, 0.3) is 22.3 Å². The minimum Gasteiger partial charge on any atom is -0.360 e. The third-order valence-electron chi connectivity index (χ3n) is 3.05. The van der Waals surface area contributed by atoms with E-state index in [9.17, 15) is 0 Å². The molecule has 0 saturated carbocycles. The highest BCUT2D eigenvalue weighted by atomic mass is 15.3. The molecule has 0 bridgehead atoms. The number of nitrogens with two attached hydrogens (primary N) is 1. The maximum atomic E-state index is 5.56. The molecule has 2 aromatic heterocycles. The fourth-order valence-electron chi connectivity index (χ4n) is 2.13. The zero-order valence-corrected chi connectivity index (χ0v) is 10.2. The highest BCUT2D eigenvalue weighted by Gasteiger charge is 2.12. The van der Waals surface area contributed by atoms with Gasteiger partial charge in [0.2, 0.25) is 0 Å². The van der Waals surface area contributed by atoms with Gasteiger partial charge < -0.3 is 10.7 Å². The maximum absolute atomic E-state index is 5.56. The number of aromatic nitrogens is 4. The molecule has 0 amide bonds. The van der Waals surface area contributed by atoms with Gasteiger partial charge in [0.05, 0.1) is 0 Å². The quantitative estimate of drug-likeness (QED) is 0.729. The van der Waals surface area contributed by atoms with Gasteiger partial charge >= 0.3 is 0 Å². The summed E-state index contributed by atoms with van der Waals surface area (Å²) in [6, 6.07) is 8.14. The lowest BCUT2D eigenvalue weighted by atomic mass is 10.2. The van der Waals surface area contributed by atoms with E-state index >= 15 is 0 Å². The second-order valence-corrected chi connectivity index (χ2v) is 4.26. The molecule has 0 fully saturated rings. The van der Waals surface area contributed by atoms with Crippen molar-refractivity contribution >= 4 is 10.9 Å². The van der Waals surface area contributed by atoms with E-state index in [0.717, 1.165) is 34.5 Å². The molecule has 92 valence electrons. The van der Waals surface area contributed by atoms with Crippen LogP contribution in [0.4, 0.5) is 0 Å². The number of nitrogens with one attached hydrogen (secondary N) is 1. The van der Waals surface area contributed by atoms with Gasteiger partial charge in [-0.15, -0.1) is 0 Å². The Bertz CT molecular complexity index is 680. The summed E-state index contributed by atoms with van der Waals surface area (Å²) in [4.78, 5) is 7.78. The number of hydrogen-bond acceptors (Lipinski definition) is 3. The van der Waals surface area contributed by atoms with Crippen LogP contribution in [0.2, 0.25) is 0 Å². The van der Waals surface area contributed by atoms with Gasteiger partial charge in [-0.05, 0) is 12.6 Å². The third kappa shape index (κ3) is 1.69. The van der Waals surface area contributed by atoms with Crippen molar-refractivity contribution in [3.8, 4) is 11.4 Å². The Morgan fingerprint density at radius 2 is 2.17 bits per heavy atom. The van der Waals surface area contributed by atoms with Gasteiger partial charge in [0, 0.05) is 36.1 Å². The SMILES string of the molecule is Cn1nc(-c2c[nH]c3ccccc23)nc1CCN. The molecule has 0 aliphatic rings. The average Bonchev–Trinajstić information content (AvgIpc) is 2.94. The zero-order valence-electron chi connectivity index (χ0n) is 10.2. The number of nitrogens with zero attached hydrogens (tertiary/aromatic N) is 3. The minimum absolute atomic E-state index is 0.583. The molecule has 0 aliphatic carbocycles. The molecule has 1 aromatic carbocycles. The van der Waals surface area contributed by atoms with Crippen molar-refractivity contribution in [1.82, 2.24) is 19.7 Å². The fraction of sp³-hybridized carbons (Fsp3) is 0.231. The van der Waals surface area contributed by atoms with Crippen molar-refractivity contribution in [3.05, 3.63) is 36.3 Å². The summed E-state index contributed by atoms with van der Waals surface area (Å²) >= 11 is 0. The number of aromatic amines is 1. The summed E-state index contributed by atoms with van der Waals surface area (Å²) in [6.45, 7) is 0.583. The molecule has 2 heterocycles. The van der Waals surface area contributed by atoms with Gasteiger partial charge in [-0.25, -0.2) is 4.98 Å². The molecular weight excluding hydrogens is 226 g/mol. The monoisotopic (exact) mass is 241 g/mol. The van der Waals surface area contributed by atoms with Gasteiger partial charge in [-0.1, -0.05) is 18.2 Å². The first-order valence-corrected chi connectivity index (χ1v) is 5.96. The first kappa shape index (κ1) is 11.0. The lowest BCUT2D eigenvalue weighted by Crippen LogP contribution is -2.08. The largest absolute Gasteiger partial charge is 0.360 e. The Morgan fingerprint density at radius 1 is 1.33 bits per heavy atom. The molecule has 3 aromatic rings. The zero-order chi connectivity index (χ0) is 12.5. The number of para-hydroxylation sites is 1. The normalized spacial score (nSPS) is 11.2. The molecule has 0 aliphatic heterocycles. The molecule has 18 heavy (non-hydrogen) atoms. The number of fused-ring (bicyclic) bond motifs is 1. The van der Waals surface area contributed by atoms with Gasteiger partial charge in [-0.2, -0.15) is 5.10 Å². The fourth-order valence-corrected chi connectivity index (χ4v) is 2.13. The van der Waals surface area contributed by atoms with E-state index < -0.39 is 0 Å². The van der Waals surface area contributed by atoms with E-state index in [1.165, 1.54) is 0 Å². The van der Waals surface area contributed by atoms with E-state index in [1.807, 2.05) is 31.4 Å². The Kier molecular flexibility index (Phi) is 2.60. The second-order valence-electron chi connectivity index (χ2n) is 4.26. The highest BCUT2D eigenvalue weighted by molar-refractivity contribution is 5.93. The first-order chi connectivity index (χ1) is 8.79. The second kappa shape index (κ2) is 4.27. The van der Waals surface area contributed by atoms with E-state index in [2.05, 4.69) is 21.1 Å². The summed E-state index contributed by atoms with van der Waals surface area (Å²) < 4.78 is 1.80. The van der Waals surface area contributed by atoms with Crippen molar-refractivity contribution < 1.29 is 0 Å². The summed E-state index contributed by atoms with van der Waals surface area (Å²) in [5.74, 6) is 1.66. The molecule has 3 N–H and O–H groups in total. The van der Waals surface area contributed by atoms with Crippen LogP contribution in [-0.4, -0.2) is 26.3 Å². The Morgan fingerprint density at radius 3 is 3.00 bits per heavy atom. The van der Waals surface area contributed by atoms with Crippen molar-refractivity contribution in [2.75, 3.05) is 6.54 Å². The van der Waals surface area contributed by atoms with Crippen LogP contribution in [0.1, 0.15) is 5.82 Å². The summed E-state index contributed by atoms with van der Waals surface area (Å²) in [7, 11) is 1.90. The number of aryl methyl sites for hydroxylation is 1. The van der Waals surface area contributed by atoms with Crippen molar-refractivity contribution in [2.24, 2.45) is 12.8 Å². The topological polar surface area (TPSA) is 72.5 Å². The number of rotatable bonds is 3. The highest BCUT2D eigenvalue weighted by Crippen LogP contribution is 2.25. The predicted octanol–water partition coefficient (Wildman–Crippen LogP) is 1.46. The molecule has 0 saturated heterocycles. The van der Waals surface area contributed by atoms with E-state index in [-0.39, 0.29) is 0 Å². The van der Waals surface area contributed by atoms with Gasteiger partial charge in [0.15, 0.2) is 5.82 Å². The van der Waals surface area contributed by atoms with E-state index in [0.29, 0.717) is 6.54 Å². The molecule has 0 spiro atoms. The van der Waals surface area contributed by atoms with Crippen molar-refractivity contribution in [2.45, 2.75) is 6.42 Å². The molecule has 5 nitrogen and oxygen atoms in total. The summed E-state index contributed by atoms with van der Waals surface area (Å²) in [6.07, 6.45) is 2.69. The standard InChI is InChI=1S/C13H15N5/c1-18-12(6-7-14)16-13(17-18)10-8-15-11-5-3-2-4-9(10)11/h2-5,8,15H,6-7,14H2,1H3. The lowest BCUT2D eigenvalue weighted by molar-refractivity contribution is 0.697. The molecule has 0 radical (unpaired) electrons. The average molecular weight is 241 g/mol. The number of H-pyrrole nitrogens is 1. The van der Waals surface area contributed by atoms with Crippen LogP contribution in [0.15, 0.2) is 30.5 Å². The minimum atomic E-state index is 0.583. The Balaban J connectivity index is 2.11. The van der Waals surface area contributed by atoms with Gasteiger partial charge in [-0.3, -0.25) is 4.68 Å². The summed E-state index contributed by atoms with van der Waals surface area (Å²) in [5, 5.41) is 5.59. The molecular formula is C13H15N5. The van der Waals surface area contributed by atoms with Gasteiger partial charge in [0.1, 0.15) is 5.82 Å². The maximum Gasteiger partial charge on any atom is 0.183 e. The molecule has 5 heteroatoms. The van der Waals surface area contributed by atoms with Crippen molar-refractivity contribution in [1.29, 1.82) is 0 Å². The molecule has 0 atom stereocenters. The predicted molar refractivity (Wildman–Crippen MR) is 71.1 cm³/mol. The lowest BCUT2D eigenvalue weighted by Gasteiger charge is -1.93. The van der Waals surface area contributed by atoms with Crippen LogP contribution >= 0.6 is 0 Å². The Labute approximate surface area is 105 Å². The molecule has 3 rings (SSSR count). The molecule has 0 unspecified atom stereocenters. The van der Waals surface area contributed by atoms with Crippen LogP contribution < -0.4 is 5.73 Å². The van der Waals surface area contributed by atoms with Crippen LogP contribution in [0, 0.1) is 0 Å². The third-order valence-corrected chi connectivity index (χ3v) is 3.05. The smallest absolute Gasteiger partial charge is 0.183 e. The van der Waals surface area contributed by atoms with Crippen molar-refractivity contribution in [3.63, 3.8) is 0 Å². The number of hydrogen-bond donors (Lipinski definition) is 2.